The van der Waals surface area contributed by atoms with Gasteiger partial charge in [-0.2, -0.15) is 0 Å². The fourth-order valence-corrected chi connectivity index (χ4v) is 5.32. The Kier molecular flexibility index (Phi) is 8.90. The summed E-state index contributed by atoms with van der Waals surface area (Å²) in [7, 11) is 3.88. The summed E-state index contributed by atoms with van der Waals surface area (Å²) in [6, 6.07) is 30.1. The van der Waals surface area contributed by atoms with E-state index in [1.165, 1.54) is 9.80 Å². The van der Waals surface area contributed by atoms with Gasteiger partial charge in [-0.3, -0.25) is 24.1 Å². The summed E-state index contributed by atoms with van der Waals surface area (Å²) in [5.41, 5.74) is 4.77. The quantitative estimate of drug-likeness (QED) is 0.236. The molecule has 0 aliphatic carbocycles. The van der Waals surface area contributed by atoms with Gasteiger partial charge in [0.05, 0.1) is 11.3 Å². The standard InChI is InChI=1S/C36H36N4O4/c1-24(2)26-14-16-27(17-15-26)33(35(43)37-28-18-20-29(21-19-28)38(3)4)40(22-25-10-6-5-7-11-25)32(41)23-39-31-13-9-8-12-30(31)34(42)36(39)44/h5-21,24,33H,22-23H2,1-4H3,(H,37,43)/t33-/m1/s1. The fourth-order valence-electron chi connectivity index (χ4n) is 5.32. The van der Waals surface area contributed by atoms with E-state index < -0.39 is 29.5 Å². The molecule has 0 spiro atoms. The van der Waals surface area contributed by atoms with Gasteiger partial charge < -0.3 is 15.1 Å². The van der Waals surface area contributed by atoms with Crippen LogP contribution in [0.1, 0.15) is 52.9 Å². The Labute approximate surface area is 257 Å². The molecule has 224 valence electrons. The van der Waals surface area contributed by atoms with Crippen molar-refractivity contribution in [2.24, 2.45) is 0 Å². The summed E-state index contributed by atoms with van der Waals surface area (Å²) < 4.78 is 0. The Morgan fingerprint density at radius 1 is 0.773 bits per heavy atom. The van der Waals surface area contributed by atoms with Crippen molar-refractivity contribution in [3.05, 3.63) is 125 Å². The minimum atomic E-state index is -1.03. The van der Waals surface area contributed by atoms with Gasteiger partial charge in [-0.1, -0.05) is 80.6 Å². The number of nitrogens with one attached hydrogen (secondary N) is 1. The van der Waals surface area contributed by atoms with Gasteiger partial charge >= 0.3 is 0 Å². The molecule has 3 amide bonds. The van der Waals surface area contributed by atoms with Gasteiger partial charge in [0, 0.05) is 32.0 Å². The van der Waals surface area contributed by atoms with Gasteiger partial charge in [-0.05, 0) is 59.0 Å². The maximum absolute atomic E-state index is 14.3. The molecule has 0 saturated carbocycles. The monoisotopic (exact) mass is 588 g/mol. The van der Waals surface area contributed by atoms with E-state index >= 15 is 0 Å². The average molecular weight is 589 g/mol. The number of carbonyl (C=O) groups excluding carboxylic acids is 4. The SMILES string of the molecule is CC(C)c1ccc([C@H](C(=O)Nc2ccc(N(C)C)cc2)N(Cc2ccccc2)C(=O)CN2C(=O)C(=O)c3ccccc32)cc1. The molecule has 5 rings (SSSR count). The molecule has 1 N–H and O–H groups in total. The predicted octanol–water partition coefficient (Wildman–Crippen LogP) is 5.81. The van der Waals surface area contributed by atoms with Crippen molar-refractivity contribution < 1.29 is 19.2 Å². The number of ketones is 1. The van der Waals surface area contributed by atoms with Crippen LogP contribution < -0.4 is 15.1 Å². The number of Topliss-reactive ketones (excluding diaryl/α,β-unsaturated/α-hetero) is 1. The lowest BCUT2D eigenvalue weighted by molar-refractivity contribution is -0.139. The molecular weight excluding hydrogens is 552 g/mol. The lowest BCUT2D eigenvalue weighted by atomic mass is 9.97. The van der Waals surface area contributed by atoms with Gasteiger partial charge in [0.25, 0.3) is 17.6 Å². The van der Waals surface area contributed by atoms with Gasteiger partial charge in [0.15, 0.2) is 0 Å². The summed E-state index contributed by atoms with van der Waals surface area (Å²) in [5.74, 6) is -1.99. The maximum atomic E-state index is 14.3. The molecule has 1 aliphatic heterocycles. The van der Waals surface area contributed by atoms with Crippen LogP contribution in [0, 0.1) is 0 Å². The van der Waals surface area contributed by atoms with Crippen LogP contribution in [0.5, 0.6) is 0 Å². The van der Waals surface area contributed by atoms with Crippen LogP contribution in [-0.2, 0) is 20.9 Å². The summed E-state index contributed by atoms with van der Waals surface area (Å²) in [5, 5.41) is 3.00. The Bertz CT molecular complexity index is 1660. The Balaban J connectivity index is 1.54. The number of carbonyl (C=O) groups is 4. The molecule has 0 fully saturated rings. The number of amides is 3. The number of hydrogen-bond acceptors (Lipinski definition) is 5. The van der Waals surface area contributed by atoms with Crippen molar-refractivity contribution in [2.75, 3.05) is 35.8 Å². The molecule has 4 aromatic carbocycles. The van der Waals surface area contributed by atoms with Crippen molar-refractivity contribution in [1.82, 2.24) is 4.90 Å². The summed E-state index contributed by atoms with van der Waals surface area (Å²) in [6.07, 6.45) is 0. The van der Waals surface area contributed by atoms with Crippen molar-refractivity contribution in [3.8, 4) is 0 Å². The van der Waals surface area contributed by atoms with Crippen LogP contribution in [0.25, 0.3) is 0 Å². The lowest BCUT2D eigenvalue weighted by Crippen LogP contribution is -2.46. The molecule has 0 radical (unpaired) electrons. The first-order valence-electron chi connectivity index (χ1n) is 14.6. The normalized spacial score (nSPS) is 13.1. The maximum Gasteiger partial charge on any atom is 0.299 e. The van der Waals surface area contributed by atoms with Gasteiger partial charge in [-0.25, -0.2) is 0 Å². The predicted molar refractivity (Wildman–Crippen MR) is 173 cm³/mol. The third kappa shape index (κ3) is 6.39. The molecule has 0 aromatic heterocycles. The van der Waals surface area contributed by atoms with Crippen LogP contribution in [0.15, 0.2) is 103 Å². The number of para-hydroxylation sites is 1. The van der Waals surface area contributed by atoms with Crippen LogP contribution in [0.4, 0.5) is 17.1 Å². The van der Waals surface area contributed by atoms with E-state index in [9.17, 15) is 19.2 Å². The van der Waals surface area contributed by atoms with Gasteiger partial charge in [0.2, 0.25) is 5.91 Å². The van der Waals surface area contributed by atoms with E-state index in [1.807, 2.05) is 97.9 Å². The van der Waals surface area contributed by atoms with Crippen LogP contribution in [-0.4, -0.2) is 49.0 Å². The number of nitrogens with zero attached hydrogens (tertiary/aromatic N) is 3. The van der Waals surface area contributed by atoms with E-state index in [1.54, 1.807) is 24.3 Å². The van der Waals surface area contributed by atoms with E-state index in [2.05, 4.69) is 19.2 Å². The Morgan fingerprint density at radius 2 is 1.39 bits per heavy atom. The summed E-state index contributed by atoms with van der Waals surface area (Å²) >= 11 is 0. The molecule has 8 heteroatoms. The van der Waals surface area contributed by atoms with Crippen molar-refractivity contribution in [3.63, 3.8) is 0 Å². The van der Waals surface area contributed by atoms with E-state index in [4.69, 9.17) is 0 Å². The first-order valence-corrected chi connectivity index (χ1v) is 14.6. The minimum Gasteiger partial charge on any atom is -0.378 e. The third-order valence-electron chi connectivity index (χ3n) is 7.82. The lowest BCUT2D eigenvalue weighted by Gasteiger charge is -2.33. The molecule has 44 heavy (non-hydrogen) atoms. The molecular formula is C36H36N4O4. The molecule has 0 saturated heterocycles. The number of fused-ring (bicyclic) bond motifs is 1. The second-order valence-electron chi connectivity index (χ2n) is 11.4. The van der Waals surface area contributed by atoms with E-state index in [0.717, 1.165) is 16.8 Å². The number of anilines is 3. The van der Waals surface area contributed by atoms with Crippen LogP contribution >= 0.6 is 0 Å². The highest BCUT2D eigenvalue weighted by Gasteiger charge is 2.39. The highest BCUT2D eigenvalue weighted by molar-refractivity contribution is 6.52. The number of benzene rings is 4. The molecule has 8 nitrogen and oxygen atoms in total. The zero-order valence-electron chi connectivity index (χ0n) is 25.4. The summed E-state index contributed by atoms with van der Waals surface area (Å²) in [4.78, 5) is 58.8. The smallest absolute Gasteiger partial charge is 0.299 e. The van der Waals surface area contributed by atoms with Crippen LogP contribution in [0.2, 0.25) is 0 Å². The number of hydrogen-bond donors (Lipinski definition) is 1. The zero-order valence-corrected chi connectivity index (χ0v) is 25.4. The summed E-state index contributed by atoms with van der Waals surface area (Å²) in [6.45, 7) is 3.91. The van der Waals surface area contributed by atoms with Crippen molar-refractivity contribution >= 4 is 40.6 Å². The first kappa shape index (κ1) is 30.2. The largest absolute Gasteiger partial charge is 0.378 e. The van der Waals surface area contributed by atoms with Crippen molar-refractivity contribution in [2.45, 2.75) is 32.4 Å². The molecule has 1 aliphatic rings. The molecule has 1 atom stereocenters. The van der Waals surface area contributed by atoms with Crippen LogP contribution in [0.3, 0.4) is 0 Å². The minimum absolute atomic E-state index is 0.112. The van der Waals surface area contributed by atoms with Gasteiger partial charge in [0.1, 0.15) is 12.6 Å². The Morgan fingerprint density at radius 3 is 2.02 bits per heavy atom. The highest BCUT2D eigenvalue weighted by atomic mass is 16.2. The third-order valence-corrected chi connectivity index (χ3v) is 7.82. The van der Waals surface area contributed by atoms with E-state index in [-0.39, 0.29) is 24.6 Å². The fraction of sp³-hybridized carbons (Fsp3) is 0.222. The Hall–Kier alpha value is -5.24. The number of rotatable bonds is 10. The molecule has 0 bridgehead atoms. The van der Waals surface area contributed by atoms with E-state index in [0.29, 0.717) is 16.9 Å². The molecule has 4 aromatic rings. The molecule has 1 heterocycles. The topological polar surface area (TPSA) is 90.0 Å². The second-order valence-corrected chi connectivity index (χ2v) is 11.4. The molecule has 0 unspecified atom stereocenters. The second kappa shape index (κ2) is 13.0. The first-order chi connectivity index (χ1) is 21.1. The zero-order chi connectivity index (χ0) is 31.4. The average Bonchev–Trinajstić information content (AvgIpc) is 3.26. The highest BCUT2D eigenvalue weighted by Crippen LogP contribution is 2.31. The van der Waals surface area contributed by atoms with Crippen molar-refractivity contribution in [1.29, 1.82) is 0 Å². The van der Waals surface area contributed by atoms with Gasteiger partial charge in [-0.15, -0.1) is 0 Å².